The van der Waals surface area contributed by atoms with Crippen LogP contribution in [0.3, 0.4) is 0 Å². The molecule has 0 spiro atoms. The molecule has 1 nitrogen and oxygen atoms in total. The first-order valence-corrected chi connectivity index (χ1v) is 5.19. The molecule has 1 aromatic carbocycles. The Labute approximate surface area is 90.5 Å². The molecule has 0 heterocycles. The van der Waals surface area contributed by atoms with Gasteiger partial charge in [-0.1, -0.05) is 11.8 Å². The molecule has 2 heteroatoms. The fraction of sp³-hybridized carbons (Fsp3) is 0.385. The maximum absolute atomic E-state index is 12.9. The second-order valence-electron chi connectivity index (χ2n) is 3.51. The lowest BCUT2D eigenvalue weighted by Gasteiger charge is -1.95. The second-order valence-corrected chi connectivity index (χ2v) is 3.51. The van der Waals surface area contributed by atoms with Gasteiger partial charge >= 0.3 is 0 Å². The molecule has 0 bridgehead atoms. The van der Waals surface area contributed by atoms with Crippen molar-refractivity contribution in [2.45, 2.75) is 26.2 Å². The van der Waals surface area contributed by atoms with Crippen LogP contribution in [0.2, 0.25) is 0 Å². The summed E-state index contributed by atoms with van der Waals surface area (Å²) in [6, 6.07) is 4.93. The van der Waals surface area contributed by atoms with Crippen LogP contribution < -0.4 is 5.73 Å². The minimum atomic E-state index is -0.177. The molecule has 0 atom stereocenters. The van der Waals surface area contributed by atoms with Crippen molar-refractivity contribution in [3.63, 3.8) is 0 Å². The van der Waals surface area contributed by atoms with Crippen LogP contribution in [-0.2, 0) is 0 Å². The lowest BCUT2D eigenvalue weighted by atomic mass is 10.1. The Bertz CT molecular complexity index is 374. The van der Waals surface area contributed by atoms with Crippen molar-refractivity contribution in [1.82, 2.24) is 0 Å². The molecule has 0 aliphatic rings. The number of halogens is 1. The van der Waals surface area contributed by atoms with Crippen LogP contribution in [-0.4, -0.2) is 6.54 Å². The highest BCUT2D eigenvalue weighted by molar-refractivity contribution is 5.37. The number of benzene rings is 1. The molecule has 80 valence electrons. The van der Waals surface area contributed by atoms with Gasteiger partial charge in [-0.25, -0.2) is 4.39 Å². The van der Waals surface area contributed by atoms with E-state index in [1.807, 2.05) is 0 Å². The van der Waals surface area contributed by atoms with E-state index >= 15 is 0 Å². The first-order chi connectivity index (χ1) is 7.24. The fourth-order valence-electron chi connectivity index (χ4n) is 1.24. The van der Waals surface area contributed by atoms with Crippen LogP contribution in [0.5, 0.6) is 0 Å². The lowest BCUT2D eigenvalue weighted by Crippen LogP contribution is -1.96. The first-order valence-electron chi connectivity index (χ1n) is 5.19. The third kappa shape index (κ3) is 4.14. The monoisotopic (exact) mass is 205 g/mol. The molecule has 0 unspecified atom stereocenters. The molecule has 1 rings (SSSR count). The van der Waals surface area contributed by atoms with Crippen molar-refractivity contribution < 1.29 is 4.39 Å². The normalized spacial score (nSPS) is 9.53. The summed E-state index contributed by atoms with van der Waals surface area (Å²) in [6.07, 6.45) is 2.90. The van der Waals surface area contributed by atoms with Crippen LogP contribution >= 0.6 is 0 Å². The minimum absolute atomic E-state index is 0.177. The highest BCUT2D eigenvalue weighted by Gasteiger charge is 1.95. The maximum Gasteiger partial charge on any atom is 0.126 e. The number of hydrogen-bond donors (Lipinski definition) is 1. The van der Waals surface area contributed by atoms with Crippen molar-refractivity contribution in [3.05, 3.63) is 35.1 Å². The number of nitrogens with two attached hydrogens (primary N) is 1. The first kappa shape index (κ1) is 11.7. The van der Waals surface area contributed by atoms with Gasteiger partial charge in [0.15, 0.2) is 0 Å². The molecular weight excluding hydrogens is 189 g/mol. The van der Waals surface area contributed by atoms with Gasteiger partial charge in [0.05, 0.1) is 0 Å². The van der Waals surface area contributed by atoms with Crippen molar-refractivity contribution in [2.24, 2.45) is 5.73 Å². The Morgan fingerprint density at radius 2 is 2.13 bits per heavy atom. The molecule has 0 fully saturated rings. The third-order valence-corrected chi connectivity index (χ3v) is 2.15. The van der Waals surface area contributed by atoms with E-state index < -0.39 is 0 Å². The Morgan fingerprint density at radius 1 is 1.33 bits per heavy atom. The SMILES string of the molecule is Cc1cc(C#CCCCCN)ccc1F. The van der Waals surface area contributed by atoms with E-state index in [0.29, 0.717) is 5.56 Å². The Balaban J connectivity index is 2.53. The van der Waals surface area contributed by atoms with Gasteiger partial charge < -0.3 is 5.73 Å². The summed E-state index contributed by atoms with van der Waals surface area (Å²) in [5.74, 6) is 5.89. The van der Waals surface area contributed by atoms with Crippen molar-refractivity contribution in [1.29, 1.82) is 0 Å². The van der Waals surface area contributed by atoms with E-state index in [9.17, 15) is 4.39 Å². The summed E-state index contributed by atoms with van der Waals surface area (Å²) in [5, 5.41) is 0. The zero-order chi connectivity index (χ0) is 11.1. The number of rotatable bonds is 3. The predicted molar refractivity (Wildman–Crippen MR) is 60.9 cm³/mol. The van der Waals surface area contributed by atoms with Crippen LogP contribution in [0.15, 0.2) is 18.2 Å². The molecule has 0 saturated heterocycles. The molecule has 2 N–H and O–H groups in total. The Hall–Kier alpha value is -1.33. The van der Waals surface area contributed by atoms with Gasteiger partial charge in [-0.15, -0.1) is 0 Å². The molecular formula is C13H16FN. The Kier molecular flexibility index (Phi) is 4.86. The van der Waals surface area contributed by atoms with E-state index in [1.54, 1.807) is 19.1 Å². The van der Waals surface area contributed by atoms with Gasteiger partial charge in [-0.05, 0) is 50.1 Å². The van der Waals surface area contributed by atoms with Gasteiger partial charge in [0.1, 0.15) is 5.82 Å². The summed E-state index contributed by atoms with van der Waals surface area (Å²) in [7, 11) is 0. The van der Waals surface area contributed by atoms with Gasteiger partial charge in [-0.2, -0.15) is 0 Å². The molecule has 0 aromatic heterocycles. The molecule has 0 aliphatic carbocycles. The Morgan fingerprint density at radius 3 is 2.80 bits per heavy atom. The van der Waals surface area contributed by atoms with Crippen LogP contribution in [0.4, 0.5) is 4.39 Å². The molecule has 1 aromatic rings. The predicted octanol–water partition coefficient (Wildman–Crippen LogP) is 2.61. The fourth-order valence-corrected chi connectivity index (χ4v) is 1.24. The second kappa shape index (κ2) is 6.21. The van der Waals surface area contributed by atoms with Gasteiger partial charge in [0.25, 0.3) is 0 Å². The number of unbranched alkanes of at least 4 members (excludes halogenated alkanes) is 2. The lowest BCUT2D eigenvalue weighted by molar-refractivity contribution is 0.618. The molecule has 0 radical (unpaired) electrons. The van der Waals surface area contributed by atoms with E-state index in [-0.39, 0.29) is 5.82 Å². The average molecular weight is 205 g/mol. The summed E-state index contributed by atoms with van der Waals surface area (Å²) in [6.45, 7) is 2.46. The number of aryl methyl sites for hydroxylation is 1. The minimum Gasteiger partial charge on any atom is -0.330 e. The zero-order valence-corrected chi connectivity index (χ0v) is 9.02. The summed E-state index contributed by atoms with van der Waals surface area (Å²) < 4.78 is 12.9. The van der Waals surface area contributed by atoms with E-state index in [0.717, 1.165) is 31.4 Å². The standard InChI is InChI=1S/C13H16FN/c1-11-10-12(7-8-13(11)14)6-4-2-3-5-9-15/h7-8,10H,2-3,5,9,15H2,1H3. The highest BCUT2D eigenvalue weighted by atomic mass is 19.1. The van der Waals surface area contributed by atoms with Crippen molar-refractivity contribution in [2.75, 3.05) is 6.54 Å². The van der Waals surface area contributed by atoms with Gasteiger partial charge in [0, 0.05) is 12.0 Å². The largest absolute Gasteiger partial charge is 0.330 e. The maximum atomic E-state index is 12.9. The zero-order valence-electron chi connectivity index (χ0n) is 9.02. The topological polar surface area (TPSA) is 26.0 Å². The molecule has 15 heavy (non-hydrogen) atoms. The van der Waals surface area contributed by atoms with Crippen LogP contribution in [0.1, 0.15) is 30.4 Å². The summed E-state index contributed by atoms with van der Waals surface area (Å²) in [5.41, 5.74) is 6.89. The van der Waals surface area contributed by atoms with E-state index in [2.05, 4.69) is 11.8 Å². The molecule has 0 aliphatic heterocycles. The van der Waals surface area contributed by atoms with Crippen molar-refractivity contribution >= 4 is 0 Å². The highest BCUT2D eigenvalue weighted by Crippen LogP contribution is 2.08. The molecule has 0 saturated carbocycles. The summed E-state index contributed by atoms with van der Waals surface area (Å²) >= 11 is 0. The summed E-state index contributed by atoms with van der Waals surface area (Å²) in [4.78, 5) is 0. The van der Waals surface area contributed by atoms with E-state index in [4.69, 9.17) is 5.73 Å². The van der Waals surface area contributed by atoms with E-state index in [1.165, 1.54) is 6.07 Å². The van der Waals surface area contributed by atoms with Gasteiger partial charge in [0.2, 0.25) is 0 Å². The third-order valence-electron chi connectivity index (χ3n) is 2.15. The number of hydrogen-bond acceptors (Lipinski definition) is 1. The van der Waals surface area contributed by atoms with Crippen LogP contribution in [0.25, 0.3) is 0 Å². The smallest absolute Gasteiger partial charge is 0.126 e. The van der Waals surface area contributed by atoms with Gasteiger partial charge in [-0.3, -0.25) is 0 Å². The molecule has 0 amide bonds. The average Bonchev–Trinajstić information content (AvgIpc) is 2.23. The quantitative estimate of drug-likeness (QED) is 0.595. The van der Waals surface area contributed by atoms with Crippen LogP contribution in [0, 0.1) is 24.6 Å². The van der Waals surface area contributed by atoms with Crippen molar-refractivity contribution in [3.8, 4) is 11.8 Å².